The van der Waals surface area contributed by atoms with Crippen LogP contribution in [0.15, 0.2) is 0 Å². The van der Waals surface area contributed by atoms with Crippen molar-refractivity contribution in [1.29, 1.82) is 0 Å². The molecule has 4 unspecified atom stereocenters. The summed E-state index contributed by atoms with van der Waals surface area (Å²) < 4.78 is 6.09. The molecule has 2 nitrogen and oxygen atoms in total. The molecule has 17 heavy (non-hydrogen) atoms. The standard InChI is InChI=1S/C14H27NOS/c1-4-11(2)13(3,15)12-5-7-16-14(9-12)6-8-17-10-14/h11-12H,4-10,15H2,1-3H3. The molecule has 100 valence electrons. The van der Waals surface area contributed by atoms with Gasteiger partial charge in [0.05, 0.1) is 5.60 Å². The van der Waals surface area contributed by atoms with Gasteiger partial charge in [0.2, 0.25) is 0 Å². The first-order chi connectivity index (χ1) is 8.00. The molecule has 0 saturated carbocycles. The predicted octanol–water partition coefficient (Wildman–Crippen LogP) is 3.05. The first-order valence-electron chi connectivity index (χ1n) is 7.01. The topological polar surface area (TPSA) is 35.2 Å². The maximum Gasteiger partial charge on any atom is 0.0783 e. The largest absolute Gasteiger partial charge is 0.374 e. The zero-order valence-electron chi connectivity index (χ0n) is 11.5. The second-order valence-corrected chi connectivity index (χ2v) is 7.30. The van der Waals surface area contributed by atoms with Gasteiger partial charge in [-0.1, -0.05) is 20.3 Å². The third kappa shape index (κ3) is 2.66. The van der Waals surface area contributed by atoms with Gasteiger partial charge in [-0.05, 0) is 43.8 Å². The molecule has 0 radical (unpaired) electrons. The molecule has 0 aromatic rings. The van der Waals surface area contributed by atoms with Crippen LogP contribution in [0.4, 0.5) is 0 Å². The Hall–Kier alpha value is 0.270. The van der Waals surface area contributed by atoms with E-state index in [-0.39, 0.29) is 11.1 Å². The Balaban J connectivity index is 2.06. The van der Waals surface area contributed by atoms with E-state index in [1.54, 1.807) is 0 Å². The van der Waals surface area contributed by atoms with Crippen molar-refractivity contribution < 1.29 is 4.74 Å². The lowest BCUT2D eigenvalue weighted by molar-refractivity contribution is -0.0956. The van der Waals surface area contributed by atoms with Gasteiger partial charge in [0.15, 0.2) is 0 Å². The van der Waals surface area contributed by atoms with Gasteiger partial charge < -0.3 is 10.5 Å². The number of rotatable bonds is 3. The summed E-state index contributed by atoms with van der Waals surface area (Å²) in [4.78, 5) is 0. The molecule has 0 aromatic heterocycles. The summed E-state index contributed by atoms with van der Waals surface area (Å²) in [5, 5.41) is 0. The SMILES string of the molecule is CCC(C)C(C)(N)C1CCOC2(CCSC2)C1. The molecule has 2 heterocycles. The van der Waals surface area contributed by atoms with Crippen LogP contribution in [-0.4, -0.2) is 29.3 Å². The highest BCUT2D eigenvalue weighted by Crippen LogP contribution is 2.44. The van der Waals surface area contributed by atoms with Crippen molar-refractivity contribution >= 4 is 11.8 Å². The van der Waals surface area contributed by atoms with Crippen molar-refractivity contribution in [3.05, 3.63) is 0 Å². The predicted molar refractivity (Wildman–Crippen MR) is 75.4 cm³/mol. The second-order valence-electron chi connectivity index (χ2n) is 6.20. The molecule has 0 aromatic carbocycles. The van der Waals surface area contributed by atoms with E-state index >= 15 is 0 Å². The van der Waals surface area contributed by atoms with Crippen LogP contribution < -0.4 is 5.73 Å². The van der Waals surface area contributed by atoms with E-state index < -0.39 is 0 Å². The maximum atomic E-state index is 6.63. The molecule has 0 bridgehead atoms. The maximum absolute atomic E-state index is 6.63. The van der Waals surface area contributed by atoms with E-state index in [0.717, 1.165) is 13.0 Å². The molecule has 1 spiro atoms. The van der Waals surface area contributed by atoms with Crippen molar-refractivity contribution in [2.24, 2.45) is 17.6 Å². The molecule has 0 amide bonds. The van der Waals surface area contributed by atoms with Gasteiger partial charge in [-0.3, -0.25) is 0 Å². The lowest BCUT2D eigenvalue weighted by Crippen LogP contribution is -2.55. The molecule has 0 aliphatic carbocycles. The van der Waals surface area contributed by atoms with E-state index in [1.165, 1.54) is 30.8 Å². The van der Waals surface area contributed by atoms with Gasteiger partial charge in [-0.15, -0.1) is 0 Å². The van der Waals surface area contributed by atoms with Crippen molar-refractivity contribution in [2.75, 3.05) is 18.1 Å². The first kappa shape index (κ1) is 13.7. The molecule has 4 atom stereocenters. The van der Waals surface area contributed by atoms with Crippen LogP contribution in [0.1, 0.15) is 46.5 Å². The Morgan fingerprint density at radius 2 is 2.35 bits per heavy atom. The van der Waals surface area contributed by atoms with Crippen molar-refractivity contribution in [2.45, 2.75) is 57.6 Å². The van der Waals surface area contributed by atoms with Crippen LogP contribution in [0, 0.1) is 11.8 Å². The summed E-state index contributed by atoms with van der Waals surface area (Å²) in [7, 11) is 0. The molecule has 2 aliphatic heterocycles. The van der Waals surface area contributed by atoms with Gasteiger partial charge in [-0.2, -0.15) is 11.8 Å². The minimum atomic E-state index is -0.0290. The van der Waals surface area contributed by atoms with Gasteiger partial charge in [0, 0.05) is 17.9 Å². The van der Waals surface area contributed by atoms with Gasteiger partial charge >= 0.3 is 0 Å². The first-order valence-corrected chi connectivity index (χ1v) is 8.16. The Bertz CT molecular complexity index is 261. The summed E-state index contributed by atoms with van der Waals surface area (Å²) in [5.74, 6) is 3.67. The number of hydrogen-bond acceptors (Lipinski definition) is 3. The van der Waals surface area contributed by atoms with E-state index in [2.05, 4.69) is 20.8 Å². The minimum absolute atomic E-state index is 0.0290. The summed E-state index contributed by atoms with van der Waals surface area (Å²) in [6.07, 6.45) is 4.72. The summed E-state index contributed by atoms with van der Waals surface area (Å²) in [6.45, 7) is 7.71. The summed E-state index contributed by atoms with van der Waals surface area (Å²) in [5.41, 5.74) is 6.77. The molecule has 2 aliphatic rings. The molecular weight excluding hydrogens is 230 g/mol. The fourth-order valence-corrected chi connectivity index (χ4v) is 4.64. The number of thioether (sulfide) groups is 1. The Labute approximate surface area is 110 Å². The third-order valence-corrected chi connectivity index (χ3v) is 6.34. The normalized spacial score (nSPS) is 39.2. The quantitative estimate of drug-likeness (QED) is 0.844. The van der Waals surface area contributed by atoms with Gasteiger partial charge in [0.25, 0.3) is 0 Å². The highest BCUT2D eigenvalue weighted by molar-refractivity contribution is 7.99. The van der Waals surface area contributed by atoms with Crippen molar-refractivity contribution in [3.63, 3.8) is 0 Å². The molecular formula is C14H27NOS. The van der Waals surface area contributed by atoms with E-state index in [0.29, 0.717) is 11.8 Å². The molecule has 2 rings (SSSR count). The zero-order valence-corrected chi connectivity index (χ0v) is 12.3. The van der Waals surface area contributed by atoms with Crippen molar-refractivity contribution in [1.82, 2.24) is 0 Å². The fraction of sp³-hybridized carbons (Fsp3) is 1.00. The van der Waals surface area contributed by atoms with Crippen LogP contribution in [0.2, 0.25) is 0 Å². The van der Waals surface area contributed by atoms with Crippen LogP contribution in [-0.2, 0) is 4.74 Å². The van der Waals surface area contributed by atoms with Gasteiger partial charge in [-0.25, -0.2) is 0 Å². The van der Waals surface area contributed by atoms with E-state index in [1.807, 2.05) is 11.8 Å². The van der Waals surface area contributed by atoms with Crippen molar-refractivity contribution in [3.8, 4) is 0 Å². The average Bonchev–Trinajstić information content (AvgIpc) is 2.76. The highest BCUT2D eigenvalue weighted by Gasteiger charge is 2.46. The molecule has 2 N–H and O–H groups in total. The Morgan fingerprint density at radius 1 is 1.59 bits per heavy atom. The lowest BCUT2D eigenvalue weighted by Gasteiger charge is -2.46. The van der Waals surface area contributed by atoms with Crippen LogP contribution in [0.3, 0.4) is 0 Å². The Kier molecular flexibility index (Phi) is 4.11. The molecule has 2 fully saturated rings. The minimum Gasteiger partial charge on any atom is -0.374 e. The third-order valence-electron chi connectivity index (χ3n) is 5.11. The lowest BCUT2D eigenvalue weighted by atomic mass is 9.69. The van der Waals surface area contributed by atoms with Crippen LogP contribution in [0.25, 0.3) is 0 Å². The van der Waals surface area contributed by atoms with Crippen LogP contribution in [0.5, 0.6) is 0 Å². The van der Waals surface area contributed by atoms with Crippen LogP contribution >= 0.6 is 11.8 Å². The molecule has 3 heteroatoms. The monoisotopic (exact) mass is 257 g/mol. The second kappa shape index (κ2) is 5.10. The smallest absolute Gasteiger partial charge is 0.0783 e. The number of nitrogens with two attached hydrogens (primary N) is 1. The Morgan fingerprint density at radius 3 is 2.94 bits per heavy atom. The zero-order chi connectivity index (χ0) is 12.5. The number of ether oxygens (including phenoxy) is 1. The fourth-order valence-electron chi connectivity index (χ4n) is 3.26. The van der Waals surface area contributed by atoms with E-state index in [9.17, 15) is 0 Å². The van der Waals surface area contributed by atoms with E-state index in [4.69, 9.17) is 10.5 Å². The molecule has 2 saturated heterocycles. The summed E-state index contributed by atoms with van der Waals surface area (Å²) in [6, 6.07) is 0. The van der Waals surface area contributed by atoms with Gasteiger partial charge in [0.1, 0.15) is 0 Å². The number of hydrogen-bond donors (Lipinski definition) is 1. The highest BCUT2D eigenvalue weighted by atomic mass is 32.2. The summed E-state index contributed by atoms with van der Waals surface area (Å²) >= 11 is 2.04. The average molecular weight is 257 g/mol.